The van der Waals surface area contributed by atoms with Crippen LogP contribution in [0.3, 0.4) is 0 Å². The van der Waals surface area contributed by atoms with Crippen LogP contribution in [0.4, 0.5) is 0 Å². The fourth-order valence-corrected chi connectivity index (χ4v) is 2.59. The van der Waals surface area contributed by atoms with Gasteiger partial charge in [0.1, 0.15) is 0 Å². The molecule has 0 saturated carbocycles. The maximum Gasteiger partial charge on any atom is 0.261 e. The van der Waals surface area contributed by atoms with Gasteiger partial charge in [-0.3, -0.25) is 4.79 Å². The summed E-state index contributed by atoms with van der Waals surface area (Å²) in [5.41, 5.74) is 1.90. The second-order valence-electron chi connectivity index (χ2n) is 4.57. The van der Waals surface area contributed by atoms with Crippen molar-refractivity contribution in [2.24, 2.45) is 0 Å². The maximum absolute atomic E-state index is 12.0. The van der Waals surface area contributed by atoms with Crippen LogP contribution in [0.5, 0.6) is 0 Å². The van der Waals surface area contributed by atoms with Crippen LogP contribution >= 0.6 is 11.3 Å². The van der Waals surface area contributed by atoms with Gasteiger partial charge in [0, 0.05) is 23.4 Å². The zero-order valence-corrected chi connectivity index (χ0v) is 12.7. The molecule has 0 unspecified atom stereocenters. The zero-order valence-electron chi connectivity index (χ0n) is 11.8. The number of aliphatic hydroxyl groups excluding tert-OH is 1. The van der Waals surface area contributed by atoms with Crippen LogP contribution in [0, 0.1) is 18.8 Å². The summed E-state index contributed by atoms with van der Waals surface area (Å²) >= 11 is 1.49. The van der Waals surface area contributed by atoms with Crippen LogP contribution in [0.2, 0.25) is 0 Å². The van der Waals surface area contributed by atoms with Gasteiger partial charge in [0.15, 0.2) is 0 Å². The Balaban J connectivity index is 1.96. The topological polar surface area (TPSA) is 49.3 Å². The Morgan fingerprint density at radius 3 is 2.90 bits per heavy atom. The first-order valence-corrected chi connectivity index (χ1v) is 7.54. The molecule has 3 nitrogen and oxygen atoms in total. The highest BCUT2D eigenvalue weighted by Gasteiger charge is 2.07. The molecule has 0 radical (unpaired) electrons. The number of thiophene rings is 1. The van der Waals surface area contributed by atoms with E-state index in [0.717, 1.165) is 20.9 Å². The standard InChI is InChI=1S/C17H17NO2S/c1-13-8-9-16(21-13)17(20)18-12-15-7-4-6-14(11-15)5-2-3-10-19/h4,6-9,11,19H,3,10,12H2,1H3,(H,18,20). The third-order valence-corrected chi connectivity index (χ3v) is 3.81. The van der Waals surface area contributed by atoms with Gasteiger partial charge in [-0.05, 0) is 36.8 Å². The minimum atomic E-state index is -0.0510. The molecular weight excluding hydrogens is 282 g/mol. The second-order valence-corrected chi connectivity index (χ2v) is 5.86. The molecule has 0 aliphatic heterocycles. The predicted octanol–water partition coefficient (Wildman–Crippen LogP) is 2.72. The van der Waals surface area contributed by atoms with E-state index in [1.54, 1.807) is 0 Å². The van der Waals surface area contributed by atoms with E-state index >= 15 is 0 Å². The lowest BCUT2D eigenvalue weighted by Crippen LogP contribution is -2.21. The Labute approximate surface area is 128 Å². The summed E-state index contributed by atoms with van der Waals surface area (Å²) in [7, 11) is 0. The lowest BCUT2D eigenvalue weighted by atomic mass is 10.1. The van der Waals surface area contributed by atoms with Crippen molar-refractivity contribution in [2.45, 2.75) is 19.9 Å². The van der Waals surface area contributed by atoms with Crippen LogP contribution < -0.4 is 5.32 Å². The van der Waals surface area contributed by atoms with Gasteiger partial charge in [0.2, 0.25) is 0 Å². The van der Waals surface area contributed by atoms with Crippen molar-refractivity contribution in [1.29, 1.82) is 0 Å². The molecule has 2 aromatic rings. The number of carbonyl (C=O) groups excluding carboxylic acids is 1. The number of aliphatic hydroxyl groups is 1. The second kappa shape index (κ2) is 7.63. The molecule has 21 heavy (non-hydrogen) atoms. The molecule has 0 bridgehead atoms. The van der Waals surface area contributed by atoms with Gasteiger partial charge in [0.25, 0.3) is 5.91 Å². The molecule has 1 aromatic carbocycles. The first kappa shape index (κ1) is 15.3. The molecule has 1 heterocycles. The van der Waals surface area contributed by atoms with Crippen molar-refractivity contribution in [3.63, 3.8) is 0 Å². The lowest BCUT2D eigenvalue weighted by Gasteiger charge is -2.04. The van der Waals surface area contributed by atoms with Crippen LogP contribution in [0.1, 0.15) is 32.1 Å². The Morgan fingerprint density at radius 1 is 1.33 bits per heavy atom. The molecule has 0 atom stereocenters. The first-order valence-electron chi connectivity index (χ1n) is 6.72. The molecule has 0 saturated heterocycles. The first-order chi connectivity index (χ1) is 10.2. The number of carbonyl (C=O) groups is 1. The maximum atomic E-state index is 12.0. The Hall–Kier alpha value is -2.09. The van der Waals surface area contributed by atoms with E-state index in [4.69, 9.17) is 5.11 Å². The lowest BCUT2D eigenvalue weighted by molar-refractivity contribution is 0.0955. The van der Waals surface area contributed by atoms with E-state index in [2.05, 4.69) is 17.2 Å². The average molecular weight is 299 g/mol. The number of hydrogen-bond donors (Lipinski definition) is 2. The third-order valence-electron chi connectivity index (χ3n) is 2.81. The highest BCUT2D eigenvalue weighted by Crippen LogP contribution is 2.15. The summed E-state index contributed by atoms with van der Waals surface area (Å²) < 4.78 is 0. The molecule has 2 N–H and O–H groups in total. The Bertz CT molecular complexity index is 679. The average Bonchev–Trinajstić information content (AvgIpc) is 2.92. The normalized spacial score (nSPS) is 9.81. The van der Waals surface area contributed by atoms with Crippen LogP contribution in [-0.4, -0.2) is 17.6 Å². The fourth-order valence-electron chi connectivity index (χ4n) is 1.81. The summed E-state index contributed by atoms with van der Waals surface area (Å²) in [4.78, 5) is 13.8. The molecule has 108 valence electrons. The Morgan fingerprint density at radius 2 is 2.19 bits per heavy atom. The SMILES string of the molecule is Cc1ccc(C(=O)NCc2cccc(C#CCCO)c2)s1. The summed E-state index contributed by atoms with van der Waals surface area (Å²) in [5.74, 6) is 5.82. The van der Waals surface area contributed by atoms with E-state index in [1.165, 1.54) is 11.3 Å². The molecule has 0 aliphatic rings. The van der Waals surface area contributed by atoms with E-state index in [-0.39, 0.29) is 12.5 Å². The minimum absolute atomic E-state index is 0.0510. The van der Waals surface area contributed by atoms with Gasteiger partial charge in [-0.1, -0.05) is 24.0 Å². The number of benzene rings is 1. The monoisotopic (exact) mass is 299 g/mol. The minimum Gasteiger partial charge on any atom is -0.395 e. The van der Waals surface area contributed by atoms with Crippen LogP contribution in [0.25, 0.3) is 0 Å². The Kier molecular flexibility index (Phi) is 5.56. The van der Waals surface area contributed by atoms with Crippen molar-refractivity contribution in [2.75, 3.05) is 6.61 Å². The van der Waals surface area contributed by atoms with Crippen molar-refractivity contribution in [3.05, 3.63) is 57.3 Å². The summed E-state index contributed by atoms with van der Waals surface area (Å²) in [5, 5.41) is 11.6. The zero-order chi connectivity index (χ0) is 15.1. The smallest absolute Gasteiger partial charge is 0.261 e. The van der Waals surface area contributed by atoms with Gasteiger partial charge in [-0.25, -0.2) is 0 Å². The van der Waals surface area contributed by atoms with E-state index < -0.39 is 0 Å². The van der Waals surface area contributed by atoms with Crippen molar-refractivity contribution < 1.29 is 9.90 Å². The molecular formula is C17H17NO2S. The molecule has 0 fully saturated rings. The molecule has 0 spiro atoms. The highest BCUT2D eigenvalue weighted by molar-refractivity contribution is 7.13. The van der Waals surface area contributed by atoms with Crippen molar-refractivity contribution >= 4 is 17.2 Å². The number of nitrogens with one attached hydrogen (secondary N) is 1. The number of aryl methyl sites for hydroxylation is 1. The van der Waals surface area contributed by atoms with Gasteiger partial charge >= 0.3 is 0 Å². The summed E-state index contributed by atoms with van der Waals surface area (Å²) in [6, 6.07) is 11.5. The third kappa shape index (κ3) is 4.75. The van der Waals surface area contributed by atoms with Gasteiger partial charge in [0.05, 0.1) is 11.5 Å². The molecule has 4 heteroatoms. The van der Waals surface area contributed by atoms with Gasteiger partial charge in [-0.15, -0.1) is 11.3 Å². The number of rotatable bonds is 4. The summed E-state index contributed by atoms with van der Waals surface area (Å²) in [6.45, 7) is 2.53. The van der Waals surface area contributed by atoms with Crippen molar-refractivity contribution in [3.8, 4) is 11.8 Å². The van der Waals surface area contributed by atoms with Gasteiger partial charge < -0.3 is 10.4 Å². The van der Waals surface area contributed by atoms with Crippen LogP contribution in [-0.2, 0) is 6.54 Å². The number of amides is 1. The molecule has 1 aromatic heterocycles. The van der Waals surface area contributed by atoms with E-state index in [1.807, 2.05) is 43.3 Å². The molecule has 2 rings (SSSR count). The van der Waals surface area contributed by atoms with Crippen LogP contribution in [0.15, 0.2) is 36.4 Å². The number of hydrogen-bond acceptors (Lipinski definition) is 3. The molecule has 0 aliphatic carbocycles. The summed E-state index contributed by atoms with van der Waals surface area (Å²) in [6.07, 6.45) is 0.471. The van der Waals surface area contributed by atoms with E-state index in [9.17, 15) is 4.79 Å². The highest BCUT2D eigenvalue weighted by atomic mass is 32.1. The van der Waals surface area contributed by atoms with E-state index in [0.29, 0.717) is 13.0 Å². The van der Waals surface area contributed by atoms with Crippen molar-refractivity contribution in [1.82, 2.24) is 5.32 Å². The largest absolute Gasteiger partial charge is 0.395 e. The molecule has 1 amide bonds. The quantitative estimate of drug-likeness (QED) is 0.853. The fraction of sp³-hybridized carbons (Fsp3) is 0.235. The van der Waals surface area contributed by atoms with Gasteiger partial charge in [-0.2, -0.15) is 0 Å². The predicted molar refractivity (Wildman–Crippen MR) is 85.2 cm³/mol.